The fourth-order valence-corrected chi connectivity index (χ4v) is 1.95. The molecule has 158 valence electrons. The van der Waals surface area contributed by atoms with Crippen LogP contribution in [-0.4, -0.2) is 50.1 Å². The second kappa shape index (κ2) is 12.4. The van der Waals surface area contributed by atoms with Gasteiger partial charge in [-0.05, 0) is 36.4 Å². The summed E-state index contributed by atoms with van der Waals surface area (Å²) in [4.78, 5) is 46.1. The lowest BCUT2D eigenvalue weighted by Gasteiger charge is -2.07. The Kier molecular flexibility index (Phi) is 9.18. The minimum Gasteiger partial charge on any atom is -0.465 e. The quantitative estimate of drug-likeness (QED) is 0.313. The molecule has 0 saturated heterocycles. The molecule has 0 bridgehead atoms. The van der Waals surface area contributed by atoms with E-state index in [0.29, 0.717) is 11.5 Å². The van der Waals surface area contributed by atoms with Crippen molar-refractivity contribution in [2.45, 2.75) is 0 Å². The number of amides is 2. The molecule has 0 aliphatic rings. The van der Waals surface area contributed by atoms with Crippen LogP contribution in [0.15, 0.2) is 57.8 Å². The van der Waals surface area contributed by atoms with Crippen molar-refractivity contribution in [3.8, 4) is 0 Å². The van der Waals surface area contributed by atoms with Crippen LogP contribution in [0.25, 0.3) is 12.2 Å². The number of furan rings is 2. The van der Waals surface area contributed by atoms with Gasteiger partial charge in [0.25, 0.3) is 11.8 Å². The molecule has 2 amide bonds. The van der Waals surface area contributed by atoms with Crippen LogP contribution in [0.4, 0.5) is 0 Å². The van der Waals surface area contributed by atoms with E-state index in [1.807, 2.05) is 0 Å². The maximum Gasteiger partial charge on any atom is 0.331 e. The monoisotopic (exact) mass is 416 g/mol. The Morgan fingerprint density at radius 1 is 0.767 bits per heavy atom. The first-order chi connectivity index (χ1) is 14.5. The van der Waals surface area contributed by atoms with Gasteiger partial charge in [0, 0.05) is 25.2 Å². The van der Waals surface area contributed by atoms with E-state index in [-0.39, 0.29) is 13.1 Å². The van der Waals surface area contributed by atoms with Crippen molar-refractivity contribution in [2.75, 3.05) is 26.3 Å². The molecule has 2 rings (SSSR count). The lowest BCUT2D eigenvalue weighted by Crippen LogP contribution is -2.38. The van der Waals surface area contributed by atoms with Crippen molar-refractivity contribution in [2.24, 2.45) is 0 Å². The van der Waals surface area contributed by atoms with E-state index in [1.165, 1.54) is 24.7 Å². The molecule has 2 aromatic rings. The normalized spacial score (nSPS) is 10.8. The second-order valence-electron chi connectivity index (χ2n) is 5.61. The number of carbonyl (C=O) groups is 4. The van der Waals surface area contributed by atoms with E-state index in [0.717, 1.165) is 12.2 Å². The zero-order valence-electron chi connectivity index (χ0n) is 15.9. The summed E-state index contributed by atoms with van der Waals surface area (Å²) < 4.78 is 19.5. The third kappa shape index (κ3) is 9.22. The summed E-state index contributed by atoms with van der Waals surface area (Å²) in [6, 6.07) is 6.65. The summed E-state index contributed by atoms with van der Waals surface area (Å²) >= 11 is 0. The second-order valence-corrected chi connectivity index (χ2v) is 5.61. The van der Waals surface area contributed by atoms with Crippen molar-refractivity contribution in [1.82, 2.24) is 10.6 Å². The lowest BCUT2D eigenvalue weighted by atomic mass is 10.4. The predicted molar refractivity (Wildman–Crippen MR) is 103 cm³/mol. The molecule has 0 radical (unpaired) electrons. The van der Waals surface area contributed by atoms with Gasteiger partial charge >= 0.3 is 11.9 Å². The molecule has 2 N–H and O–H groups in total. The predicted octanol–water partition coefficient (Wildman–Crippen LogP) is 0.918. The van der Waals surface area contributed by atoms with E-state index in [1.54, 1.807) is 24.3 Å². The van der Waals surface area contributed by atoms with Crippen molar-refractivity contribution >= 4 is 35.9 Å². The van der Waals surface area contributed by atoms with Gasteiger partial charge in [-0.1, -0.05) is 0 Å². The molecular weight excluding hydrogens is 396 g/mol. The Labute approximate surface area is 171 Å². The van der Waals surface area contributed by atoms with Gasteiger partial charge in [0.2, 0.25) is 0 Å². The van der Waals surface area contributed by atoms with Crippen molar-refractivity contribution in [3.63, 3.8) is 0 Å². The topological polar surface area (TPSA) is 137 Å². The molecule has 10 nitrogen and oxygen atoms in total. The maximum absolute atomic E-state index is 11.6. The third-order valence-electron chi connectivity index (χ3n) is 3.31. The van der Waals surface area contributed by atoms with E-state index in [4.69, 9.17) is 18.3 Å². The maximum atomic E-state index is 11.6. The Hall–Kier alpha value is -4.08. The number of ether oxygens (including phenoxy) is 2. The Balaban J connectivity index is 1.50. The van der Waals surface area contributed by atoms with Crippen LogP contribution < -0.4 is 10.6 Å². The Morgan fingerprint density at radius 3 is 1.57 bits per heavy atom. The average Bonchev–Trinajstić information content (AvgIpc) is 3.44. The van der Waals surface area contributed by atoms with Crippen LogP contribution in [0.5, 0.6) is 0 Å². The molecule has 2 aromatic heterocycles. The standard InChI is InChI=1S/C20H20N2O8/c23-17(13-29-19(25)7-5-15-3-1-11-27-15)21-9-10-22-18(24)14-30-20(26)8-6-16-4-2-12-28-16/h1-8,11-12H,9-10,13-14H2,(H,21,23)(H,22,24)/b7-5+,8-6+. The van der Waals surface area contributed by atoms with E-state index in [9.17, 15) is 19.2 Å². The summed E-state index contributed by atoms with van der Waals surface area (Å²) in [5.41, 5.74) is 0. The van der Waals surface area contributed by atoms with Crippen LogP contribution >= 0.6 is 0 Å². The van der Waals surface area contributed by atoms with E-state index >= 15 is 0 Å². The molecule has 0 saturated carbocycles. The van der Waals surface area contributed by atoms with Crippen LogP contribution in [0.1, 0.15) is 11.5 Å². The summed E-state index contributed by atoms with van der Waals surface area (Å²) in [5.74, 6) is -1.50. The molecule has 0 unspecified atom stereocenters. The van der Waals surface area contributed by atoms with Gasteiger partial charge in [0.05, 0.1) is 12.5 Å². The average molecular weight is 416 g/mol. The summed E-state index contributed by atoms with van der Waals surface area (Å²) in [7, 11) is 0. The largest absolute Gasteiger partial charge is 0.465 e. The van der Waals surface area contributed by atoms with Crippen molar-refractivity contribution in [1.29, 1.82) is 0 Å². The zero-order chi connectivity index (χ0) is 21.6. The molecule has 0 aliphatic carbocycles. The molecular formula is C20H20N2O8. The van der Waals surface area contributed by atoms with Gasteiger partial charge in [0.1, 0.15) is 11.5 Å². The molecule has 10 heteroatoms. The number of esters is 2. The van der Waals surface area contributed by atoms with Gasteiger partial charge in [-0.3, -0.25) is 9.59 Å². The van der Waals surface area contributed by atoms with Crippen molar-refractivity contribution in [3.05, 3.63) is 60.5 Å². The zero-order valence-corrected chi connectivity index (χ0v) is 15.9. The lowest BCUT2D eigenvalue weighted by molar-refractivity contribution is -0.144. The highest BCUT2D eigenvalue weighted by Gasteiger charge is 2.07. The molecule has 30 heavy (non-hydrogen) atoms. The first kappa shape index (κ1) is 22.2. The van der Waals surface area contributed by atoms with Gasteiger partial charge < -0.3 is 28.9 Å². The molecule has 0 aromatic carbocycles. The number of carbonyl (C=O) groups excluding carboxylic acids is 4. The smallest absolute Gasteiger partial charge is 0.331 e. The minimum absolute atomic E-state index is 0.108. The molecule has 0 atom stereocenters. The van der Waals surface area contributed by atoms with Gasteiger partial charge in [0.15, 0.2) is 13.2 Å². The SMILES string of the molecule is O=C(COC(=O)/C=C/c1ccco1)NCCNC(=O)COC(=O)/C=C/c1ccco1. The van der Waals surface area contributed by atoms with E-state index in [2.05, 4.69) is 10.6 Å². The third-order valence-corrected chi connectivity index (χ3v) is 3.31. The minimum atomic E-state index is -0.697. The summed E-state index contributed by atoms with van der Waals surface area (Å²) in [6.07, 6.45) is 8.02. The van der Waals surface area contributed by atoms with E-state index < -0.39 is 37.0 Å². The fraction of sp³-hybridized carbons (Fsp3) is 0.200. The molecule has 2 heterocycles. The van der Waals surface area contributed by atoms with Crippen molar-refractivity contribution < 1.29 is 37.5 Å². The van der Waals surface area contributed by atoms with Gasteiger partial charge in [-0.2, -0.15) is 0 Å². The first-order valence-electron chi connectivity index (χ1n) is 8.83. The number of hydrogen-bond acceptors (Lipinski definition) is 8. The number of rotatable bonds is 11. The first-order valence-corrected chi connectivity index (χ1v) is 8.83. The number of hydrogen-bond donors (Lipinski definition) is 2. The van der Waals surface area contributed by atoms with Gasteiger partial charge in [-0.25, -0.2) is 9.59 Å². The van der Waals surface area contributed by atoms with Crippen LogP contribution in [-0.2, 0) is 28.7 Å². The highest BCUT2D eigenvalue weighted by Crippen LogP contribution is 2.03. The molecule has 0 fully saturated rings. The van der Waals surface area contributed by atoms with Gasteiger partial charge in [-0.15, -0.1) is 0 Å². The molecule has 0 spiro atoms. The van der Waals surface area contributed by atoms with Crippen LogP contribution in [0.2, 0.25) is 0 Å². The highest BCUT2D eigenvalue weighted by atomic mass is 16.5. The van der Waals surface area contributed by atoms with Crippen LogP contribution in [0.3, 0.4) is 0 Å². The highest BCUT2D eigenvalue weighted by molar-refractivity contribution is 5.89. The number of nitrogens with one attached hydrogen (secondary N) is 2. The summed E-state index contributed by atoms with van der Waals surface area (Å²) in [6.45, 7) is -0.711. The van der Waals surface area contributed by atoms with Crippen LogP contribution in [0, 0.1) is 0 Å². The molecule has 0 aliphatic heterocycles. The summed E-state index contributed by atoms with van der Waals surface area (Å²) in [5, 5.41) is 4.92. The fourth-order valence-electron chi connectivity index (χ4n) is 1.95. The Morgan fingerprint density at radius 2 is 1.20 bits per heavy atom. The Bertz CT molecular complexity index is 808.